The summed E-state index contributed by atoms with van der Waals surface area (Å²) >= 11 is 0. The van der Waals surface area contributed by atoms with Gasteiger partial charge in [-0.25, -0.2) is 0 Å². The van der Waals surface area contributed by atoms with E-state index in [4.69, 9.17) is 0 Å². The first-order chi connectivity index (χ1) is 7.25. The van der Waals surface area contributed by atoms with Gasteiger partial charge in [0.15, 0.2) is 0 Å². The van der Waals surface area contributed by atoms with E-state index in [0.29, 0.717) is 24.3 Å². The van der Waals surface area contributed by atoms with Crippen LogP contribution in [0, 0.1) is 0 Å². The maximum atomic E-state index is 9.41. The van der Waals surface area contributed by atoms with E-state index >= 15 is 0 Å². The largest absolute Gasteiger partial charge is 3.00 e. The van der Waals surface area contributed by atoms with Crippen molar-refractivity contribution in [3.05, 3.63) is 24.3 Å². The number of carbonyl (C=O) groups excluding carboxylic acids is 4. The molecule has 0 aromatic heterocycles. The van der Waals surface area contributed by atoms with E-state index < -0.39 is 23.9 Å². The molecule has 0 aliphatic carbocycles. The van der Waals surface area contributed by atoms with Crippen LogP contribution < -0.4 is 71.8 Å². The van der Waals surface area contributed by atoms with Crippen molar-refractivity contribution in [1.29, 1.82) is 0 Å². The summed E-state index contributed by atoms with van der Waals surface area (Å²) in [5, 5.41) is 37.7. The Morgan fingerprint density at radius 2 is 0.667 bits per heavy atom. The van der Waals surface area contributed by atoms with Crippen molar-refractivity contribution in [1.82, 2.24) is 0 Å². The third kappa shape index (κ3) is 36.1. The second kappa shape index (κ2) is 16.6. The van der Waals surface area contributed by atoms with Crippen LogP contribution in [0.4, 0.5) is 0 Å². The van der Waals surface area contributed by atoms with Gasteiger partial charge in [-0.05, 0) is 24.3 Å². The van der Waals surface area contributed by atoms with Crippen molar-refractivity contribution in [3.63, 3.8) is 0 Å². The molecule has 0 aromatic carbocycles. The molecule has 0 unspecified atom stereocenters. The predicted molar refractivity (Wildman–Crippen MR) is 38.3 cm³/mol. The predicted octanol–water partition coefficient (Wildman–Crippen LogP) is -8.91. The summed E-state index contributed by atoms with van der Waals surface area (Å²) < 4.78 is 0. The molecule has 0 saturated heterocycles. The molecule has 0 saturated carbocycles. The summed E-state index contributed by atoms with van der Waals surface area (Å²) in [5.41, 5.74) is 0. The molecule has 94 valence electrons. The van der Waals surface area contributed by atoms with Crippen molar-refractivity contribution in [2.24, 2.45) is 0 Å². The van der Waals surface area contributed by atoms with Gasteiger partial charge in [0, 0.05) is 0 Å². The summed E-state index contributed by atoms with van der Waals surface area (Å²) in [6.45, 7) is 0. The van der Waals surface area contributed by atoms with Gasteiger partial charge in [0.2, 0.25) is 0 Å². The summed E-state index contributed by atoms with van der Waals surface area (Å²) in [4.78, 5) is 37.7. The van der Waals surface area contributed by atoms with E-state index in [9.17, 15) is 39.6 Å². The van der Waals surface area contributed by atoms with Crippen LogP contribution in [-0.2, 0) is 38.7 Å². The summed E-state index contributed by atoms with van der Waals surface area (Å²) in [6.07, 6.45) is 1.54. The Bertz CT molecular complexity index is 283. The topological polar surface area (TPSA) is 161 Å². The molecule has 0 heterocycles. The van der Waals surface area contributed by atoms with Crippen LogP contribution in [0.5, 0.6) is 0 Å². The van der Waals surface area contributed by atoms with Crippen LogP contribution in [0.2, 0.25) is 0 Å². The summed E-state index contributed by atoms with van der Waals surface area (Å²) in [7, 11) is 0. The molecule has 0 spiro atoms. The zero-order valence-electron chi connectivity index (χ0n) is 8.91. The Hall–Kier alpha value is -0.380. The zero-order valence-corrected chi connectivity index (χ0v) is 13.7. The van der Waals surface area contributed by atoms with E-state index in [1.54, 1.807) is 0 Å². The summed E-state index contributed by atoms with van der Waals surface area (Å²) in [6, 6.07) is 0. The van der Waals surface area contributed by atoms with Gasteiger partial charge in [0.25, 0.3) is 0 Å². The van der Waals surface area contributed by atoms with Crippen molar-refractivity contribution in [2.45, 2.75) is 0 Å². The van der Waals surface area contributed by atoms with Crippen molar-refractivity contribution in [3.8, 4) is 0 Å². The molecule has 0 aromatic rings. The van der Waals surface area contributed by atoms with E-state index in [1.165, 1.54) is 0 Å². The number of carboxylic acid groups (broad SMARTS) is 4. The maximum absolute atomic E-state index is 9.41. The normalized spacial score (nSPS) is 8.44. The molecule has 0 atom stereocenters. The van der Waals surface area contributed by atoms with Gasteiger partial charge in [-0.3, -0.25) is 0 Å². The zero-order chi connectivity index (χ0) is 13.1. The molecule has 0 N–H and O–H groups in total. The van der Waals surface area contributed by atoms with Gasteiger partial charge < -0.3 is 39.6 Å². The minimum atomic E-state index is -1.55. The molecular formula is C8H4KO8Rh. The van der Waals surface area contributed by atoms with Crippen LogP contribution >= 0.6 is 0 Å². The van der Waals surface area contributed by atoms with Gasteiger partial charge in [0.05, 0.1) is 23.9 Å². The quantitative estimate of drug-likeness (QED) is 0.348. The number of aliphatic carboxylic acids is 4. The van der Waals surface area contributed by atoms with Gasteiger partial charge in [-0.2, -0.15) is 0 Å². The number of carbonyl (C=O) groups is 4. The second-order valence-electron chi connectivity index (χ2n) is 1.94. The van der Waals surface area contributed by atoms with Crippen molar-refractivity contribution in [2.75, 3.05) is 0 Å². The Balaban J connectivity index is -0.0000000980. The molecule has 0 amide bonds. The molecule has 0 radical (unpaired) electrons. The first-order valence-corrected chi connectivity index (χ1v) is 3.45. The Morgan fingerprint density at radius 3 is 0.722 bits per heavy atom. The molecule has 0 fully saturated rings. The van der Waals surface area contributed by atoms with Crippen LogP contribution in [0.25, 0.3) is 0 Å². The van der Waals surface area contributed by atoms with Crippen molar-refractivity contribution < 1.29 is 110 Å². The second-order valence-corrected chi connectivity index (χ2v) is 1.94. The van der Waals surface area contributed by atoms with Gasteiger partial charge in [-0.15, -0.1) is 0 Å². The number of hydrogen-bond acceptors (Lipinski definition) is 8. The van der Waals surface area contributed by atoms with E-state index in [-0.39, 0.29) is 70.9 Å². The Kier molecular flexibility index (Phi) is 24.2. The standard InChI is InChI=1S/2C4H4O4.K.Rh/c2*5-3(6)1-2-4(7)8;;/h2*1-2H,(H,5,6)(H,7,8);;/q;;+1;+3/p-4. The first kappa shape index (κ1) is 26.2. The monoisotopic (exact) mass is 370 g/mol. The number of carboxylic acids is 4. The maximum Gasteiger partial charge on any atom is 3.00 e. The number of hydrogen-bond donors (Lipinski definition) is 0. The minimum Gasteiger partial charge on any atom is -0.545 e. The van der Waals surface area contributed by atoms with Crippen LogP contribution in [0.3, 0.4) is 0 Å². The Labute approximate surface area is 157 Å². The molecule has 0 bridgehead atoms. The third-order valence-electron chi connectivity index (χ3n) is 0.711. The fraction of sp³-hybridized carbons (Fsp3) is 0. The third-order valence-corrected chi connectivity index (χ3v) is 0.711. The van der Waals surface area contributed by atoms with E-state index in [1.807, 2.05) is 0 Å². The molecule has 0 rings (SSSR count). The molecule has 0 aliphatic rings. The van der Waals surface area contributed by atoms with E-state index in [0.717, 1.165) is 0 Å². The molecular weight excluding hydrogens is 366 g/mol. The van der Waals surface area contributed by atoms with Gasteiger partial charge in [0.1, 0.15) is 0 Å². The molecule has 10 heteroatoms. The summed E-state index contributed by atoms with van der Waals surface area (Å²) in [5.74, 6) is -6.19. The fourth-order valence-corrected chi connectivity index (χ4v) is 0.272. The van der Waals surface area contributed by atoms with Gasteiger partial charge in [-0.1, -0.05) is 0 Å². The SMILES string of the molecule is O=C([O-])C=CC(=O)[O-].O=C([O-])C=CC(=O)[O-].[K+].[Rh+3]. The Morgan fingerprint density at radius 1 is 0.556 bits per heavy atom. The minimum absolute atomic E-state index is 0. The van der Waals surface area contributed by atoms with Gasteiger partial charge >= 0.3 is 70.9 Å². The fourth-order valence-electron chi connectivity index (χ4n) is 0.272. The average Bonchev–Trinajstić information content (AvgIpc) is 2.12. The molecule has 0 aliphatic heterocycles. The average molecular weight is 370 g/mol. The van der Waals surface area contributed by atoms with Crippen LogP contribution in [0.15, 0.2) is 24.3 Å². The van der Waals surface area contributed by atoms with Crippen LogP contribution in [-0.4, -0.2) is 23.9 Å². The van der Waals surface area contributed by atoms with Crippen molar-refractivity contribution >= 4 is 23.9 Å². The van der Waals surface area contributed by atoms with Crippen LogP contribution in [0.1, 0.15) is 0 Å². The smallest absolute Gasteiger partial charge is 0.545 e. The molecule has 18 heavy (non-hydrogen) atoms. The molecule has 8 nitrogen and oxygen atoms in total. The van der Waals surface area contributed by atoms with E-state index in [2.05, 4.69) is 0 Å². The first-order valence-electron chi connectivity index (χ1n) is 3.45. The number of rotatable bonds is 4.